The van der Waals surface area contributed by atoms with Gasteiger partial charge in [0.25, 0.3) is 0 Å². The summed E-state index contributed by atoms with van der Waals surface area (Å²) in [6, 6.07) is 12.5. The molecule has 0 amide bonds. The molecule has 2 nitrogen and oxygen atoms in total. The summed E-state index contributed by atoms with van der Waals surface area (Å²) < 4.78 is 0. The van der Waals surface area contributed by atoms with Gasteiger partial charge in [0.15, 0.2) is 0 Å². The molecule has 2 aromatic rings. The van der Waals surface area contributed by atoms with Gasteiger partial charge in [-0.05, 0) is 81.1 Å². The summed E-state index contributed by atoms with van der Waals surface area (Å²) in [5.74, 6) is 0. The monoisotopic (exact) mass is 336 g/mol. The third-order valence-electron chi connectivity index (χ3n) is 3.69. The number of nitrogens with zero attached hydrogens (tertiary/aromatic N) is 2. The van der Waals surface area contributed by atoms with Crippen LogP contribution in [0.5, 0.6) is 0 Å². The van der Waals surface area contributed by atoms with Crippen molar-refractivity contribution < 1.29 is 16.5 Å². The van der Waals surface area contributed by atoms with E-state index in [1.54, 1.807) is 0 Å². The standard InChI is InChI=1S/C19H22N2.Ni/c1-13-6-8-18(10-15(13)3)20-12-17(5)21-19-9-7-14(2)16(4)11-19;/h6-12H,1-5H3;. The summed E-state index contributed by atoms with van der Waals surface area (Å²) in [7, 11) is 0. The number of hydrogen-bond donors (Lipinski definition) is 0. The third-order valence-corrected chi connectivity index (χ3v) is 3.69. The largest absolute Gasteiger partial charge is 0.255 e. The van der Waals surface area contributed by atoms with Crippen molar-refractivity contribution in [3.8, 4) is 0 Å². The van der Waals surface area contributed by atoms with E-state index in [0.717, 1.165) is 17.1 Å². The van der Waals surface area contributed by atoms with Crippen LogP contribution >= 0.6 is 0 Å². The average molecular weight is 337 g/mol. The first-order valence-corrected chi connectivity index (χ1v) is 7.19. The van der Waals surface area contributed by atoms with E-state index in [9.17, 15) is 0 Å². The first-order chi connectivity index (χ1) is 9.95. The molecule has 0 radical (unpaired) electrons. The Bertz CT molecular complexity index is 715. The van der Waals surface area contributed by atoms with Gasteiger partial charge >= 0.3 is 0 Å². The summed E-state index contributed by atoms with van der Waals surface area (Å²) in [5.41, 5.74) is 7.93. The van der Waals surface area contributed by atoms with Crippen LogP contribution in [0.25, 0.3) is 0 Å². The van der Waals surface area contributed by atoms with Gasteiger partial charge in [0.1, 0.15) is 0 Å². The summed E-state index contributed by atoms with van der Waals surface area (Å²) in [6.45, 7) is 10.4. The predicted molar refractivity (Wildman–Crippen MR) is 92.8 cm³/mol. The Morgan fingerprint density at radius 1 is 0.773 bits per heavy atom. The topological polar surface area (TPSA) is 24.7 Å². The van der Waals surface area contributed by atoms with E-state index in [4.69, 9.17) is 0 Å². The smallest absolute Gasteiger partial charge is 0.0636 e. The minimum absolute atomic E-state index is 0. The maximum Gasteiger partial charge on any atom is 0.0636 e. The Kier molecular flexibility index (Phi) is 6.71. The molecule has 0 N–H and O–H groups in total. The van der Waals surface area contributed by atoms with E-state index in [0.29, 0.717) is 0 Å². The zero-order valence-corrected chi connectivity index (χ0v) is 14.7. The molecule has 0 saturated carbocycles. The maximum atomic E-state index is 4.58. The maximum absolute atomic E-state index is 4.58. The minimum Gasteiger partial charge on any atom is -0.255 e. The van der Waals surface area contributed by atoms with Crippen LogP contribution in [0, 0.1) is 27.7 Å². The molecule has 0 aliphatic carbocycles. The normalized spacial score (nSPS) is 11.6. The molecule has 0 fully saturated rings. The number of hydrogen-bond acceptors (Lipinski definition) is 2. The number of rotatable bonds is 3. The fourth-order valence-electron chi connectivity index (χ4n) is 2.00. The van der Waals surface area contributed by atoms with Crippen molar-refractivity contribution in [3.63, 3.8) is 0 Å². The minimum atomic E-state index is 0. The van der Waals surface area contributed by atoms with Gasteiger partial charge in [-0.1, -0.05) is 12.1 Å². The van der Waals surface area contributed by atoms with Gasteiger partial charge in [-0.25, -0.2) is 0 Å². The van der Waals surface area contributed by atoms with Crippen molar-refractivity contribution in [2.24, 2.45) is 9.98 Å². The van der Waals surface area contributed by atoms with Crippen molar-refractivity contribution >= 4 is 23.3 Å². The Labute approximate surface area is 143 Å². The van der Waals surface area contributed by atoms with Crippen molar-refractivity contribution in [3.05, 3.63) is 58.7 Å². The Hall–Kier alpha value is -1.73. The van der Waals surface area contributed by atoms with Crippen molar-refractivity contribution in [1.82, 2.24) is 0 Å². The molecule has 0 bridgehead atoms. The van der Waals surface area contributed by atoms with Crippen LogP contribution in [0.3, 0.4) is 0 Å². The van der Waals surface area contributed by atoms with Crippen LogP contribution < -0.4 is 0 Å². The van der Waals surface area contributed by atoms with E-state index in [1.807, 2.05) is 25.3 Å². The van der Waals surface area contributed by atoms with Gasteiger partial charge in [0.2, 0.25) is 0 Å². The van der Waals surface area contributed by atoms with Gasteiger partial charge in [0, 0.05) is 22.7 Å². The van der Waals surface area contributed by atoms with Gasteiger partial charge in [-0.15, -0.1) is 0 Å². The van der Waals surface area contributed by atoms with E-state index < -0.39 is 0 Å². The number of aliphatic imine (C=N–C) groups is 2. The molecule has 0 spiro atoms. The van der Waals surface area contributed by atoms with Gasteiger partial charge in [-0.3, -0.25) is 9.98 Å². The molecule has 2 rings (SSSR count). The summed E-state index contributed by atoms with van der Waals surface area (Å²) >= 11 is 0. The van der Waals surface area contributed by atoms with Crippen LogP contribution in [0.15, 0.2) is 46.4 Å². The third kappa shape index (κ3) is 4.92. The summed E-state index contributed by atoms with van der Waals surface area (Å²) in [6.07, 6.45) is 1.82. The SMILES string of the molecule is CC(C=Nc1ccc(C)c(C)c1)=Nc1ccc(C)c(C)c1.[Ni]. The van der Waals surface area contributed by atoms with Crippen molar-refractivity contribution in [1.29, 1.82) is 0 Å². The molecule has 118 valence electrons. The van der Waals surface area contributed by atoms with Gasteiger partial charge < -0.3 is 0 Å². The molecule has 22 heavy (non-hydrogen) atoms. The van der Waals surface area contributed by atoms with Crippen LogP contribution in [-0.2, 0) is 16.5 Å². The fourth-order valence-corrected chi connectivity index (χ4v) is 2.00. The Morgan fingerprint density at radius 3 is 1.82 bits per heavy atom. The fraction of sp³-hybridized carbons (Fsp3) is 0.263. The predicted octanol–water partition coefficient (Wildman–Crippen LogP) is 5.41. The molecular formula is C19H22N2Ni. The van der Waals surface area contributed by atoms with Crippen LogP contribution in [0.1, 0.15) is 29.2 Å². The molecule has 0 unspecified atom stereocenters. The molecule has 0 aromatic heterocycles. The summed E-state index contributed by atoms with van der Waals surface area (Å²) in [5, 5.41) is 0. The molecule has 0 aliphatic heterocycles. The van der Waals surface area contributed by atoms with E-state index in [1.165, 1.54) is 22.3 Å². The quantitative estimate of drug-likeness (QED) is 0.528. The molecule has 3 heteroatoms. The van der Waals surface area contributed by atoms with E-state index in [2.05, 4.69) is 61.9 Å². The zero-order valence-electron chi connectivity index (χ0n) is 13.8. The first kappa shape index (κ1) is 18.3. The second kappa shape index (κ2) is 8.05. The van der Waals surface area contributed by atoms with Gasteiger partial charge in [0.05, 0.1) is 17.1 Å². The molecule has 0 aliphatic rings. The number of aryl methyl sites for hydroxylation is 4. The van der Waals surface area contributed by atoms with Crippen LogP contribution in [0.4, 0.5) is 11.4 Å². The van der Waals surface area contributed by atoms with E-state index >= 15 is 0 Å². The van der Waals surface area contributed by atoms with Crippen molar-refractivity contribution in [2.75, 3.05) is 0 Å². The average Bonchev–Trinajstić information content (AvgIpc) is 2.44. The first-order valence-electron chi connectivity index (χ1n) is 7.19. The molecule has 0 atom stereocenters. The van der Waals surface area contributed by atoms with Crippen molar-refractivity contribution in [2.45, 2.75) is 34.6 Å². The Morgan fingerprint density at radius 2 is 1.27 bits per heavy atom. The molecule has 2 aromatic carbocycles. The molecule has 0 saturated heterocycles. The molecular weight excluding hydrogens is 315 g/mol. The van der Waals surface area contributed by atoms with Gasteiger partial charge in [-0.2, -0.15) is 0 Å². The Balaban J connectivity index is 0.00000242. The van der Waals surface area contributed by atoms with E-state index in [-0.39, 0.29) is 16.5 Å². The molecule has 0 heterocycles. The second-order valence-electron chi connectivity index (χ2n) is 5.55. The van der Waals surface area contributed by atoms with Crippen LogP contribution in [-0.4, -0.2) is 11.9 Å². The number of benzene rings is 2. The zero-order chi connectivity index (χ0) is 15.4. The van der Waals surface area contributed by atoms with Crippen LogP contribution in [0.2, 0.25) is 0 Å². The second-order valence-corrected chi connectivity index (χ2v) is 5.55. The summed E-state index contributed by atoms with van der Waals surface area (Å²) in [4.78, 5) is 9.07.